The Hall–Kier alpha value is -2.05. The molecule has 2 aromatic carbocycles. The number of fused-ring (bicyclic) bond motifs is 3. The molecule has 144 valence electrons. The molecule has 0 saturated heterocycles. The third-order valence-electron chi connectivity index (χ3n) is 5.86. The molecule has 3 N–H and O–H groups in total. The molecule has 1 fully saturated rings. The summed E-state index contributed by atoms with van der Waals surface area (Å²) in [6, 6.07) is 14.2. The first kappa shape index (κ1) is 18.3. The quantitative estimate of drug-likeness (QED) is 0.745. The van der Waals surface area contributed by atoms with Gasteiger partial charge in [-0.25, -0.2) is 0 Å². The summed E-state index contributed by atoms with van der Waals surface area (Å²) in [5.41, 5.74) is 2.05. The number of anilines is 1. The van der Waals surface area contributed by atoms with Gasteiger partial charge in [0.15, 0.2) is 0 Å². The van der Waals surface area contributed by atoms with Gasteiger partial charge < -0.3 is 15.7 Å². The van der Waals surface area contributed by atoms with E-state index in [4.69, 9.17) is 0 Å². The van der Waals surface area contributed by atoms with Gasteiger partial charge in [0.2, 0.25) is 0 Å². The van der Waals surface area contributed by atoms with Gasteiger partial charge in [-0.15, -0.1) is 0 Å². The summed E-state index contributed by atoms with van der Waals surface area (Å²) in [4.78, 5) is 0. The van der Waals surface area contributed by atoms with Crippen LogP contribution in [0.15, 0.2) is 48.5 Å². The van der Waals surface area contributed by atoms with Crippen LogP contribution in [-0.4, -0.2) is 24.3 Å². The van der Waals surface area contributed by atoms with E-state index in [1.54, 1.807) is 6.07 Å². The minimum Gasteiger partial charge on any atom is -0.395 e. The molecule has 4 rings (SSSR count). The summed E-state index contributed by atoms with van der Waals surface area (Å²) in [7, 11) is 0. The van der Waals surface area contributed by atoms with E-state index in [1.807, 2.05) is 18.2 Å². The molecular formula is C21H23F3N2O. The summed E-state index contributed by atoms with van der Waals surface area (Å²) in [6.45, 7) is 0.468. The highest BCUT2D eigenvalue weighted by Gasteiger charge is 2.46. The summed E-state index contributed by atoms with van der Waals surface area (Å²) in [6.07, 6.45) is -2.54. The Labute approximate surface area is 156 Å². The second-order valence-corrected chi connectivity index (χ2v) is 7.38. The Balaban J connectivity index is 1.76. The first-order chi connectivity index (χ1) is 13.0. The molecule has 2 aromatic rings. The molecule has 2 aliphatic rings. The fourth-order valence-electron chi connectivity index (χ4n) is 4.74. The molecular weight excluding hydrogens is 353 g/mol. The van der Waals surface area contributed by atoms with Crippen LogP contribution in [0.5, 0.6) is 0 Å². The zero-order chi connectivity index (χ0) is 19.0. The molecule has 0 amide bonds. The molecule has 4 atom stereocenters. The van der Waals surface area contributed by atoms with E-state index in [0.29, 0.717) is 6.54 Å². The predicted octanol–water partition coefficient (Wildman–Crippen LogP) is 4.32. The van der Waals surface area contributed by atoms with Crippen LogP contribution in [0.3, 0.4) is 0 Å². The summed E-state index contributed by atoms with van der Waals surface area (Å²) < 4.78 is 39.8. The summed E-state index contributed by atoms with van der Waals surface area (Å²) in [5.74, 6) is 0.194. The molecule has 1 heterocycles. The van der Waals surface area contributed by atoms with E-state index < -0.39 is 11.7 Å². The van der Waals surface area contributed by atoms with Gasteiger partial charge in [-0.2, -0.15) is 13.2 Å². The lowest BCUT2D eigenvalue weighted by atomic mass is 9.75. The highest BCUT2D eigenvalue weighted by molar-refractivity contribution is 5.60. The van der Waals surface area contributed by atoms with Crippen LogP contribution in [0, 0.1) is 5.92 Å². The molecule has 0 bridgehead atoms. The second-order valence-electron chi connectivity index (χ2n) is 7.38. The van der Waals surface area contributed by atoms with Gasteiger partial charge in [-0.05, 0) is 48.1 Å². The lowest BCUT2D eigenvalue weighted by molar-refractivity contribution is -0.137. The van der Waals surface area contributed by atoms with Gasteiger partial charge in [0.25, 0.3) is 0 Å². The Morgan fingerprint density at radius 2 is 1.85 bits per heavy atom. The molecule has 0 spiro atoms. The van der Waals surface area contributed by atoms with Crippen molar-refractivity contribution in [1.29, 1.82) is 0 Å². The van der Waals surface area contributed by atoms with Gasteiger partial charge in [-0.3, -0.25) is 0 Å². The minimum atomic E-state index is -4.35. The summed E-state index contributed by atoms with van der Waals surface area (Å²) in [5, 5.41) is 16.0. The number of nitrogens with one attached hydrogen (secondary N) is 2. The molecule has 3 nitrogen and oxygen atoms in total. The normalized spacial score (nSPS) is 27.0. The molecule has 1 aliphatic heterocycles. The van der Waals surface area contributed by atoms with Crippen LogP contribution in [-0.2, 0) is 6.18 Å². The number of aliphatic hydroxyl groups excluding tert-OH is 1. The number of aliphatic hydroxyl groups is 1. The molecule has 27 heavy (non-hydrogen) atoms. The maximum absolute atomic E-state index is 13.3. The zero-order valence-electron chi connectivity index (χ0n) is 14.8. The van der Waals surface area contributed by atoms with Crippen molar-refractivity contribution in [3.05, 3.63) is 65.2 Å². The Morgan fingerprint density at radius 1 is 1.07 bits per heavy atom. The van der Waals surface area contributed by atoms with E-state index in [2.05, 4.69) is 22.8 Å². The van der Waals surface area contributed by atoms with E-state index in [9.17, 15) is 18.3 Å². The fourth-order valence-corrected chi connectivity index (χ4v) is 4.74. The van der Waals surface area contributed by atoms with Crippen molar-refractivity contribution in [3.63, 3.8) is 0 Å². The van der Waals surface area contributed by atoms with Crippen molar-refractivity contribution >= 4 is 5.69 Å². The highest BCUT2D eigenvalue weighted by Crippen LogP contribution is 2.53. The minimum absolute atomic E-state index is 0.0136. The van der Waals surface area contributed by atoms with Crippen molar-refractivity contribution in [2.75, 3.05) is 18.5 Å². The number of halogens is 3. The van der Waals surface area contributed by atoms with Gasteiger partial charge in [0, 0.05) is 24.2 Å². The maximum atomic E-state index is 13.3. The number of alkyl halides is 3. The summed E-state index contributed by atoms with van der Waals surface area (Å²) >= 11 is 0. The van der Waals surface area contributed by atoms with Crippen LogP contribution >= 0.6 is 0 Å². The van der Waals surface area contributed by atoms with Crippen molar-refractivity contribution in [2.24, 2.45) is 5.92 Å². The van der Waals surface area contributed by atoms with Crippen LogP contribution in [0.2, 0.25) is 0 Å². The Bertz CT molecular complexity index is 794. The topological polar surface area (TPSA) is 44.3 Å². The lowest BCUT2D eigenvalue weighted by Crippen LogP contribution is -2.39. The predicted molar refractivity (Wildman–Crippen MR) is 98.6 cm³/mol. The second kappa shape index (κ2) is 7.17. The third-order valence-corrected chi connectivity index (χ3v) is 5.86. The molecule has 0 radical (unpaired) electrons. The average molecular weight is 376 g/mol. The maximum Gasteiger partial charge on any atom is 0.416 e. The van der Waals surface area contributed by atoms with Crippen molar-refractivity contribution < 1.29 is 18.3 Å². The van der Waals surface area contributed by atoms with Crippen LogP contribution in [0.4, 0.5) is 18.9 Å². The smallest absolute Gasteiger partial charge is 0.395 e. The molecule has 1 saturated carbocycles. The number of hydrogen-bond acceptors (Lipinski definition) is 3. The van der Waals surface area contributed by atoms with Crippen LogP contribution < -0.4 is 10.6 Å². The first-order valence-corrected chi connectivity index (χ1v) is 9.36. The van der Waals surface area contributed by atoms with E-state index in [1.165, 1.54) is 6.07 Å². The van der Waals surface area contributed by atoms with E-state index in [-0.39, 0.29) is 30.5 Å². The van der Waals surface area contributed by atoms with Crippen LogP contribution in [0.25, 0.3) is 0 Å². The van der Waals surface area contributed by atoms with Gasteiger partial charge in [-0.1, -0.05) is 30.3 Å². The van der Waals surface area contributed by atoms with Crippen molar-refractivity contribution in [3.8, 4) is 0 Å². The van der Waals surface area contributed by atoms with Gasteiger partial charge in [0.1, 0.15) is 0 Å². The monoisotopic (exact) mass is 376 g/mol. The number of hydrogen-bond donors (Lipinski definition) is 3. The number of benzene rings is 2. The lowest BCUT2D eigenvalue weighted by Gasteiger charge is -2.40. The molecule has 6 heteroatoms. The molecule has 0 unspecified atom stereocenters. The first-order valence-electron chi connectivity index (χ1n) is 9.36. The molecule has 0 aromatic heterocycles. The molecule has 1 aliphatic carbocycles. The zero-order valence-corrected chi connectivity index (χ0v) is 14.8. The Kier molecular flexibility index (Phi) is 4.86. The largest absolute Gasteiger partial charge is 0.416 e. The van der Waals surface area contributed by atoms with Crippen molar-refractivity contribution in [1.82, 2.24) is 5.32 Å². The van der Waals surface area contributed by atoms with E-state index in [0.717, 1.165) is 35.7 Å². The standard InChI is InChI=1S/C21H23F3N2O/c22-21(23,24)14-6-8-17-16(12-14)19-15(7-9-18(19)25-10-11-27)20(26-17)13-4-2-1-3-5-13/h1-6,8,12,15,18-20,25-27H,7,9-11H2/t15-,18+,19+,20-/m1/s1. The van der Waals surface area contributed by atoms with Crippen LogP contribution in [0.1, 0.15) is 41.5 Å². The third kappa shape index (κ3) is 3.44. The van der Waals surface area contributed by atoms with Gasteiger partial charge >= 0.3 is 6.18 Å². The number of rotatable bonds is 4. The van der Waals surface area contributed by atoms with Gasteiger partial charge in [0.05, 0.1) is 18.2 Å². The van der Waals surface area contributed by atoms with Crippen molar-refractivity contribution in [2.45, 2.75) is 37.0 Å². The fraction of sp³-hybridized carbons (Fsp3) is 0.429. The highest BCUT2D eigenvalue weighted by atomic mass is 19.4. The Morgan fingerprint density at radius 3 is 2.56 bits per heavy atom. The average Bonchev–Trinajstić information content (AvgIpc) is 3.09. The SMILES string of the molecule is OCCN[C@H]1CC[C@@H]2[C@H]1c1cc(C(F)(F)F)ccc1N[C@@H]2c1ccccc1. The van der Waals surface area contributed by atoms with E-state index >= 15 is 0 Å².